The van der Waals surface area contributed by atoms with Gasteiger partial charge in [0.05, 0.1) is 10.6 Å². The van der Waals surface area contributed by atoms with Gasteiger partial charge in [-0.2, -0.15) is 5.26 Å². The topological polar surface area (TPSA) is 33.0 Å². The van der Waals surface area contributed by atoms with Crippen molar-refractivity contribution in [2.45, 2.75) is 0 Å². The molecule has 0 aliphatic carbocycles. The summed E-state index contributed by atoms with van der Waals surface area (Å²) in [6, 6.07) is 11.8. The molecule has 0 bridgehead atoms. The minimum atomic E-state index is 0.294. The minimum Gasteiger partial charge on any atom is -0.454 e. The molecule has 2 rings (SSSR count). The molecule has 5 heteroatoms. The summed E-state index contributed by atoms with van der Waals surface area (Å²) >= 11 is 17.8. The van der Waals surface area contributed by atoms with Gasteiger partial charge in [-0.15, -0.1) is 0 Å². The van der Waals surface area contributed by atoms with Gasteiger partial charge in [0.2, 0.25) is 0 Å². The Morgan fingerprint density at radius 1 is 1.00 bits per heavy atom. The summed E-state index contributed by atoms with van der Waals surface area (Å²) in [5, 5.41) is 10.1. The summed E-state index contributed by atoms with van der Waals surface area (Å²) in [5.74, 6) is 0.720. The van der Waals surface area contributed by atoms with E-state index < -0.39 is 0 Å². The van der Waals surface area contributed by atoms with E-state index in [1.54, 1.807) is 36.4 Å². The average molecular weight is 299 g/mol. The largest absolute Gasteiger partial charge is 0.454 e. The first-order chi connectivity index (χ1) is 8.61. The highest BCUT2D eigenvalue weighted by Gasteiger charge is 2.10. The maximum absolute atomic E-state index is 8.98. The molecule has 0 aromatic heterocycles. The van der Waals surface area contributed by atoms with E-state index in [-0.39, 0.29) is 0 Å². The van der Waals surface area contributed by atoms with Gasteiger partial charge < -0.3 is 4.74 Å². The van der Waals surface area contributed by atoms with Gasteiger partial charge in [0, 0.05) is 11.1 Å². The second-order valence-corrected chi connectivity index (χ2v) is 4.63. The molecule has 0 amide bonds. The second-order valence-electron chi connectivity index (χ2n) is 3.41. The minimum absolute atomic E-state index is 0.294. The molecule has 0 saturated carbocycles. The Morgan fingerprint density at radius 3 is 2.50 bits per heavy atom. The lowest BCUT2D eigenvalue weighted by Gasteiger charge is -2.09. The first kappa shape index (κ1) is 13.0. The van der Waals surface area contributed by atoms with E-state index in [0.29, 0.717) is 32.1 Å². The first-order valence-electron chi connectivity index (χ1n) is 4.93. The number of halogens is 3. The van der Waals surface area contributed by atoms with Crippen LogP contribution in [-0.4, -0.2) is 0 Å². The third-order valence-electron chi connectivity index (χ3n) is 2.20. The fourth-order valence-electron chi connectivity index (χ4n) is 1.35. The first-order valence-corrected chi connectivity index (χ1v) is 6.06. The molecule has 0 atom stereocenters. The van der Waals surface area contributed by atoms with E-state index in [9.17, 15) is 0 Å². The van der Waals surface area contributed by atoms with Gasteiger partial charge in [-0.05, 0) is 24.3 Å². The van der Waals surface area contributed by atoms with Crippen LogP contribution in [0.15, 0.2) is 36.4 Å². The summed E-state index contributed by atoms with van der Waals surface area (Å²) in [7, 11) is 0. The van der Waals surface area contributed by atoms with Crippen molar-refractivity contribution in [3.63, 3.8) is 0 Å². The fraction of sp³-hybridized carbons (Fsp3) is 0. The third kappa shape index (κ3) is 2.70. The lowest BCUT2D eigenvalue weighted by atomic mass is 10.2. The Bertz CT molecular complexity index is 635. The van der Waals surface area contributed by atoms with Crippen molar-refractivity contribution in [2.24, 2.45) is 0 Å². The third-order valence-corrected chi connectivity index (χ3v) is 3.24. The molecule has 0 unspecified atom stereocenters. The lowest BCUT2D eigenvalue weighted by molar-refractivity contribution is 0.481. The van der Waals surface area contributed by atoms with Crippen LogP contribution in [0.3, 0.4) is 0 Å². The number of hydrogen-bond acceptors (Lipinski definition) is 2. The van der Waals surface area contributed by atoms with Crippen molar-refractivity contribution in [1.29, 1.82) is 5.26 Å². The maximum atomic E-state index is 8.98. The summed E-state index contributed by atoms with van der Waals surface area (Å²) in [4.78, 5) is 0. The quantitative estimate of drug-likeness (QED) is 0.752. The standard InChI is InChI=1S/C13H6Cl3NO/c14-9-5-4-8(7-17)12(6-9)18-11-3-1-2-10(15)13(11)16/h1-6H. The van der Waals surface area contributed by atoms with Crippen molar-refractivity contribution in [3.05, 3.63) is 57.0 Å². The predicted molar refractivity (Wildman–Crippen MR) is 72.7 cm³/mol. The van der Waals surface area contributed by atoms with Gasteiger partial charge in [-0.1, -0.05) is 40.9 Å². The van der Waals surface area contributed by atoms with Crippen LogP contribution in [0.25, 0.3) is 0 Å². The van der Waals surface area contributed by atoms with Gasteiger partial charge >= 0.3 is 0 Å². The highest BCUT2D eigenvalue weighted by molar-refractivity contribution is 6.42. The lowest BCUT2D eigenvalue weighted by Crippen LogP contribution is -1.89. The van der Waals surface area contributed by atoms with Crippen LogP contribution >= 0.6 is 34.8 Å². The molecule has 0 radical (unpaired) electrons. The van der Waals surface area contributed by atoms with E-state index in [2.05, 4.69) is 0 Å². The van der Waals surface area contributed by atoms with Crippen molar-refractivity contribution in [3.8, 4) is 17.6 Å². The summed E-state index contributed by atoms with van der Waals surface area (Å²) in [6.07, 6.45) is 0. The van der Waals surface area contributed by atoms with E-state index in [4.69, 9.17) is 44.8 Å². The zero-order chi connectivity index (χ0) is 13.1. The van der Waals surface area contributed by atoms with E-state index >= 15 is 0 Å². The SMILES string of the molecule is N#Cc1ccc(Cl)cc1Oc1cccc(Cl)c1Cl. The number of nitriles is 1. The Kier molecular flexibility index (Phi) is 3.98. The maximum Gasteiger partial charge on any atom is 0.147 e. The van der Waals surface area contributed by atoms with Crippen LogP contribution in [0, 0.1) is 11.3 Å². The molecule has 0 saturated heterocycles. The molecule has 0 aliphatic heterocycles. The van der Waals surface area contributed by atoms with Crippen LogP contribution in [0.1, 0.15) is 5.56 Å². The van der Waals surface area contributed by atoms with Gasteiger partial charge in [-0.25, -0.2) is 0 Å². The molecule has 2 nitrogen and oxygen atoms in total. The zero-order valence-electron chi connectivity index (χ0n) is 8.95. The van der Waals surface area contributed by atoms with Crippen LogP contribution < -0.4 is 4.74 Å². The molecule has 18 heavy (non-hydrogen) atoms. The Hall–Kier alpha value is -1.40. The Balaban J connectivity index is 2.43. The monoisotopic (exact) mass is 297 g/mol. The van der Waals surface area contributed by atoms with Crippen molar-refractivity contribution < 1.29 is 4.74 Å². The normalized spacial score (nSPS) is 9.89. The zero-order valence-corrected chi connectivity index (χ0v) is 11.2. The number of benzene rings is 2. The van der Waals surface area contributed by atoms with Gasteiger partial charge in [0.1, 0.15) is 22.6 Å². The smallest absolute Gasteiger partial charge is 0.147 e. The highest BCUT2D eigenvalue weighted by Crippen LogP contribution is 2.36. The Morgan fingerprint density at radius 2 is 1.78 bits per heavy atom. The number of hydrogen-bond donors (Lipinski definition) is 0. The Labute approximate surface area is 119 Å². The summed E-state index contributed by atoms with van der Waals surface area (Å²) < 4.78 is 5.57. The average Bonchev–Trinajstić information content (AvgIpc) is 2.35. The summed E-state index contributed by atoms with van der Waals surface area (Å²) in [5.41, 5.74) is 0.371. The van der Waals surface area contributed by atoms with Gasteiger partial charge in [0.15, 0.2) is 0 Å². The van der Waals surface area contributed by atoms with Crippen molar-refractivity contribution in [2.75, 3.05) is 0 Å². The van der Waals surface area contributed by atoms with Crippen LogP contribution in [0.4, 0.5) is 0 Å². The molecule has 0 fully saturated rings. The predicted octanol–water partition coefficient (Wildman–Crippen LogP) is 5.31. The van der Waals surface area contributed by atoms with E-state index in [0.717, 1.165) is 0 Å². The molecule has 0 aliphatic rings. The molecule has 2 aromatic rings. The molecule has 90 valence electrons. The molecular weight excluding hydrogens is 293 g/mol. The fourth-order valence-corrected chi connectivity index (χ4v) is 1.85. The summed E-state index contributed by atoms with van der Waals surface area (Å²) in [6.45, 7) is 0. The van der Waals surface area contributed by atoms with E-state index in [1.807, 2.05) is 6.07 Å². The second kappa shape index (κ2) is 5.49. The number of rotatable bonds is 2. The highest BCUT2D eigenvalue weighted by atomic mass is 35.5. The van der Waals surface area contributed by atoms with E-state index in [1.165, 1.54) is 0 Å². The van der Waals surface area contributed by atoms with Gasteiger partial charge in [-0.3, -0.25) is 0 Å². The molecular formula is C13H6Cl3NO. The van der Waals surface area contributed by atoms with Crippen LogP contribution in [-0.2, 0) is 0 Å². The molecule has 0 spiro atoms. The molecule has 0 heterocycles. The molecule has 0 N–H and O–H groups in total. The number of ether oxygens (including phenoxy) is 1. The molecule has 2 aromatic carbocycles. The van der Waals surface area contributed by atoms with Crippen LogP contribution in [0.2, 0.25) is 15.1 Å². The van der Waals surface area contributed by atoms with Gasteiger partial charge in [0.25, 0.3) is 0 Å². The van der Waals surface area contributed by atoms with Crippen LogP contribution in [0.5, 0.6) is 11.5 Å². The van der Waals surface area contributed by atoms with Crippen molar-refractivity contribution >= 4 is 34.8 Å². The number of nitrogens with zero attached hydrogens (tertiary/aromatic N) is 1. The van der Waals surface area contributed by atoms with Crippen molar-refractivity contribution in [1.82, 2.24) is 0 Å².